The van der Waals surface area contributed by atoms with Gasteiger partial charge >= 0.3 is 0 Å². The summed E-state index contributed by atoms with van der Waals surface area (Å²) in [7, 11) is -3.26. The second-order valence-electron chi connectivity index (χ2n) is 5.33. The molecular formula is C14H21NO3S. The third-order valence-corrected chi connectivity index (χ3v) is 4.79. The molecular weight excluding hydrogens is 262 g/mol. The van der Waals surface area contributed by atoms with E-state index in [1.807, 2.05) is 25.1 Å². The Morgan fingerprint density at radius 3 is 2.79 bits per heavy atom. The van der Waals surface area contributed by atoms with Crippen molar-refractivity contribution in [3.8, 4) is 0 Å². The first-order chi connectivity index (χ1) is 8.96. The van der Waals surface area contributed by atoms with Crippen LogP contribution in [0.4, 0.5) is 0 Å². The summed E-state index contributed by atoms with van der Waals surface area (Å²) in [5.74, 6) is 0.761. The maximum absolute atomic E-state index is 11.7. The molecule has 0 spiro atoms. The van der Waals surface area contributed by atoms with Gasteiger partial charge in [0.2, 0.25) is 10.0 Å². The molecule has 0 radical (unpaired) electrons. The number of benzene rings is 1. The van der Waals surface area contributed by atoms with Crippen LogP contribution in [-0.2, 0) is 10.0 Å². The van der Waals surface area contributed by atoms with Gasteiger partial charge in [-0.05, 0) is 24.8 Å². The third-order valence-electron chi connectivity index (χ3n) is 3.42. The van der Waals surface area contributed by atoms with Crippen molar-refractivity contribution in [2.75, 3.05) is 12.3 Å². The highest BCUT2D eigenvalue weighted by Gasteiger charge is 2.24. The number of rotatable bonds is 7. The minimum atomic E-state index is -3.26. The SMILES string of the molecule is Cc1cccc(C(O)CNS(=O)(=O)CCC2CC2)c1. The maximum atomic E-state index is 11.7. The molecule has 2 rings (SSSR count). The molecule has 0 bridgehead atoms. The van der Waals surface area contributed by atoms with Gasteiger partial charge in [0.15, 0.2) is 0 Å². The highest BCUT2D eigenvalue weighted by Crippen LogP contribution is 2.32. The average Bonchev–Trinajstić information content (AvgIpc) is 3.18. The van der Waals surface area contributed by atoms with Crippen LogP contribution in [0.15, 0.2) is 24.3 Å². The van der Waals surface area contributed by atoms with E-state index in [0.29, 0.717) is 5.92 Å². The summed E-state index contributed by atoms with van der Waals surface area (Å²) in [5.41, 5.74) is 1.79. The summed E-state index contributed by atoms with van der Waals surface area (Å²) in [6.45, 7) is 1.98. The van der Waals surface area contributed by atoms with Gasteiger partial charge in [-0.3, -0.25) is 0 Å². The fraction of sp³-hybridized carbons (Fsp3) is 0.571. The van der Waals surface area contributed by atoms with Crippen LogP contribution in [0.2, 0.25) is 0 Å². The first-order valence-electron chi connectivity index (χ1n) is 6.68. The van der Waals surface area contributed by atoms with Crippen molar-refractivity contribution in [3.05, 3.63) is 35.4 Å². The van der Waals surface area contributed by atoms with Gasteiger partial charge in [-0.2, -0.15) is 0 Å². The molecule has 1 aromatic carbocycles. The standard InChI is InChI=1S/C14H21NO3S/c1-11-3-2-4-13(9-11)14(16)10-15-19(17,18)8-7-12-5-6-12/h2-4,9,12,14-16H,5-8,10H2,1H3. The summed E-state index contributed by atoms with van der Waals surface area (Å²) < 4.78 is 26.0. The number of aliphatic hydroxyl groups is 1. The fourth-order valence-electron chi connectivity index (χ4n) is 2.00. The van der Waals surface area contributed by atoms with Crippen molar-refractivity contribution in [1.82, 2.24) is 4.72 Å². The molecule has 0 heterocycles. The third kappa shape index (κ3) is 4.93. The van der Waals surface area contributed by atoms with Gasteiger partial charge in [0, 0.05) is 6.54 Å². The van der Waals surface area contributed by atoms with Gasteiger partial charge in [0.05, 0.1) is 11.9 Å². The van der Waals surface area contributed by atoms with Crippen molar-refractivity contribution in [2.24, 2.45) is 5.92 Å². The second-order valence-corrected chi connectivity index (χ2v) is 7.26. The molecule has 2 N–H and O–H groups in total. The topological polar surface area (TPSA) is 66.4 Å². The lowest BCUT2D eigenvalue weighted by molar-refractivity contribution is 0.182. The largest absolute Gasteiger partial charge is 0.387 e. The van der Waals surface area contributed by atoms with E-state index in [1.54, 1.807) is 6.07 Å². The van der Waals surface area contributed by atoms with Gasteiger partial charge in [-0.25, -0.2) is 13.1 Å². The van der Waals surface area contributed by atoms with Gasteiger partial charge in [0.1, 0.15) is 0 Å². The molecule has 5 heteroatoms. The number of hydrogen-bond acceptors (Lipinski definition) is 3. The lowest BCUT2D eigenvalue weighted by atomic mass is 10.1. The smallest absolute Gasteiger partial charge is 0.211 e. The molecule has 1 fully saturated rings. The lowest BCUT2D eigenvalue weighted by Gasteiger charge is -2.13. The molecule has 0 aliphatic heterocycles. The van der Waals surface area contributed by atoms with Crippen LogP contribution in [0.3, 0.4) is 0 Å². The van der Waals surface area contributed by atoms with Crippen molar-refractivity contribution in [3.63, 3.8) is 0 Å². The minimum absolute atomic E-state index is 0.0381. The van der Waals surface area contributed by atoms with Gasteiger partial charge in [0.25, 0.3) is 0 Å². The molecule has 1 unspecified atom stereocenters. The average molecular weight is 283 g/mol. The molecule has 106 valence electrons. The lowest BCUT2D eigenvalue weighted by Crippen LogP contribution is -2.30. The summed E-state index contributed by atoms with van der Waals surface area (Å²) >= 11 is 0. The van der Waals surface area contributed by atoms with Crippen LogP contribution in [0.25, 0.3) is 0 Å². The normalized spacial score (nSPS) is 17.4. The molecule has 19 heavy (non-hydrogen) atoms. The molecule has 0 aromatic heterocycles. The summed E-state index contributed by atoms with van der Waals surface area (Å²) in [4.78, 5) is 0. The van der Waals surface area contributed by atoms with Crippen molar-refractivity contribution in [1.29, 1.82) is 0 Å². The molecule has 1 atom stereocenters. The molecule has 4 nitrogen and oxygen atoms in total. The number of hydrogen-bond donors (Lipinski definition) is 2. The second kappa shape index (κ2) is 6.03. The van der Waals surface area contributed by atoms with E-state index in [0.717, 1.165) is 30.4 Å². The minimum Gasteiger partial charge on any atom is -0.387 e. The highest BCUT2D eigenvalue weighted by atomic mass is 32.2. The number of aryl methyl sites for hydroxylation is 1. The summed E-state index contributed by atoms with van der Waals surface area (Å²) in [6, 6.07) is 7.46. The molecule has 1 aliphatic rings. The van der Waals surface area contributed by atoms with Crippen LogP contribution in [0, 0.1) is 12.8 Å². The van der Waals surface area contributed by atoms with Crippen molar-refractivity contribution < 1.29 is 13.5 Å². The van der Waals surface area contributed by atoms with Crippen molar-refractivity contribution >= 4 is 10.0 Å². The Hall–Kier alpha value is -0.910. The van der Waals surface area contributed by atoms with Crippen LogP contribution < -0.4 is 4.72 Å². The van der Waals surface area contributed by atoms with Crippen LogP contribution in [-0.4, -0.2) is 25.8 Å². The Bertz CT molecular complexity index is 523. The molecule has 1 aliphatic carbocycles. The molecule has 0 amide bonds. The quantitative estimate of drug-likeness (QED) is 0.801. The van der Waals surface area contributed by atoms with Crippen LogP contribution in [0.1, 0.15) is 36.5 Å². The van der Waals surface area contributed by atoms with Crippen LogP contribution >= 0.6 is 0 Å². The van der Waals surface area contributed by atoms with Gasteiger partial charge in [-0.1, -0.05) is 42.7 Å². The van der Waals surface area contributed by atoms with E-state index >= 15 is 0 Å². The monoisotopic (exact) mass is 283 g/mol. The maximum Gasteiger partial charge on any atom is 0.211 e. The number of nitrogens with one attached hydrogen (secondary N) is 1. The summed E-state index contributed by atoms with van der Waals surface area (Å²) in [6.07, 6.45) is 2.24. The molecule has 0 saturated heterocycles. The Labute approximate surface area is 114 Å². The van der Waals surface area contributed by atoms with Gasteiger partial charge in [-0.15, -0.1) is 0 Å². The van der Waals surface area contributed by atoms with Crippen molar-refractivity contribution in [2.45, 2.75) is 32.3 Å². The van der Waals surface area contributed by atoms with E-state index in [9.17, 15) is 13.5 Å². The first kappa shape index (κ1) is 14.5. The fourth-order valence-corrected chi connectivity index (χ4v) is 3.20. The zero-order chi connectivity index (χ0) is 13.9. The predicted octanol–water partition coefficient (Wildman–Crippen LogP) is 1.75. The van der Waals surface area contributed by atoms with E-state index in [-0.39, 0.29) is 12.3 Å². The number of aliphatic hydroxyl groups excluding tert-OH is 1. The molecule has 1 aromatic rings. The Kier molecular flexibility index (Phi) is 4.60. The molecule has 1 saturated carbocycles. The zero-order valence-corrected chi connectivity index (χ0v) is 12.0. The van der Waals surface area contributed by atoms with E-state index in [1.165, 1.54) is 0 Å². The van der Waals surface area contributed by atoms with E-state index < -0.39 is 16.1 Å². The van der Waals surface area contributed by atoms with E-state index in [2.05, 4.69) is 4.72 Å². The highest BCUT2D eigenvalue weighted by molar-refractivity contribution is 7.89. The Morgan fingerprint density at radius 1 is 1.42 bits per heavy atom. The first-order valence-corrected chi connectivity index (χ1v) is 8.33. The number of sulfonamides is 1. The predicted molar refractivity (Wildman–Crippen MR) is 75.3 cm³/mol. The zero-order valence-electron chi connectivity index (χ0n) is 11.2. The Morgan fingerprint density at radius 2 is 2.16 bits per heavy atom. The van der Waals surface area contributed by atoms with E-state index in [4.69, 9.17) is 0 Å². The van der Waals surface area contributed by atoms with Gasteiger partial charge < -0.3 is 5.11 Å². The Balaban J connectivity index is 1.83. The van der Waals surface area contributed by atoms with Crippen LogP contribution in [0.5, 0.6) is 0 Å². The summed E-state index contributed by atoms with van der Waals surface area (Å²) in [5, 5.41) is 9.97.